The van der Waals surface area contributed by atoms with Gasteiger partial charge in [0.1, 0.15) is 5.01 Å². The summed E-state index contributed by atoms with van der Waals surface area (Å²) in [6.07, 6.45) is 0. The minimum Gasteiger partial charge on any atom is -0.315 e. The number of imide groups is 1. The maximum Gasteiger partial charge on any atom is 0.326 e. The fourth-order valence-corrected chi connectivity index (χ4v) is 5.33. The molecule has 0 aliphatic carbocycles. The molecule has 1 saturated heterocycles. The summed E-state index contributed by atoms with van der Waals surface area (Å²) in [7, 11) is 1.91. The number of carbonyl (C=O) groups is 2. The van der Waals surface area contributed by atoms with Gasteiger partial charge in [0.05, 0.1) is 22.9 Å². The van der Waals surface area contributed by atoms with Crippen LogP contribution in [-0.2, 0) is 10.3 Å². The van der Waals surface area contributed by atoms with Crippen LogP contribution in [0.3, 0.4) is 0 Å². The zero-order chi connectivity index (χ0) is 23.0. The van der Waals surface area contributed by atoms with Gasteiger partial charge in [-0.1, -0.05) is 72.8 Å². The molecule has 1 aliphatic heterocycles. The summed E-state index contributed by atoms with van der Waals surface area (Å²) < 4.78 is 1.12. The smallest absolute Gasteiger partial charge is 0.315 e. The number of nitrogens with one attached hydrogen (secondary N) is 1. The van der Waals surface area contributed by atoms with Crippen LogP contribution in [-0.4, -0.2) is 40.4 Å². The van der Waals surface area contributed by atoms with Crippen molar-refractivity contribution in [1.82, 2.24) is 20.1 Å². The van der Waals surface area contributed by atoms with Crippen molar-refractivity contribution in [2.45, 2.75) is 18.5 Å². The minimum absolute atomic E-state index is 0.0635. The fraction of sp³-hybridized carbons (Fsp3) is 0.192. The number of hydrogen-bond donors (Lipinski definition) is 1. The summed E-state index contributed by atoms with van der Waals surface area (Å²) in [5, 5.41) is 3.95. The summed E-state index contributed by atoms with van der Waals surface area (Å²) in [4.78, 5) is 35.0. The van der Waals surface area contributed by atoms with Gasteiger partial charge in [-0.05, 0) is 37.2 Å². The number of hydrogen-bond acceptors (Lipinski definition) is 5. The molecule has 5 rings (SSSR count). The van der Waals surface area contributed by atoms with E-state index in [1.165, 1.54) is 4.90 Å². The van der Waals surface area contributed by atoms with Gasteiger partial charge < -0.3 is 5.32 Å². The van der Waals surface area contributed by atoms with Crippen molar-refractivity contribution < 1.29 is 9.59 Å². The lowest BCUT2D eigenvalue weighted by molar-refractivity contribution is -0.131. The molecule has 1 aliphatic rings. The van der Waals surface area contributed by atoms with E-state index >= 15 is 0 Å². The first kappa shape index (κ1) is 21.3. The van der Waals surface area contributed by atoms with Gasteiger partial charge in [0.25, 0.3) is 5.91 Å². The Balaban J connectivity index is 1.45. The number of aromatic nitrogens is 1. The number of rotatable bonds is 6. The molecule has 3 aromatic carbocycles. The van der Waals surface area contributed by atoms with Crippen molar-refractivity contribution >= 4 is 33.5 Å². The molecule has 4 aromatic rings. The molecule has 0 radical (unpaired) electrons. The molecule has 0 unspecified atom stereocenters. The van der Waals surface area contributed by atoms with Crippen LogP contribution in [0, 0.1) is 0 Å². The molecule has 1 aromatic heterocycles. The normalized spacial score (nSPS) is 16.4. The first-order chi connectivity index (χ1) is 16.0. The lowest BCUT2D eigenvalue weighted by Crippen LogP contribution is -2.46. The molecule has 2 heterocycles. The van der Waals surface area contributed by atoms with E-state index in [1.807, 2.05) is 97.7 Å². The summed E-state index contributed by atoms with van der Waals surface area (Å²) in [6.45, 7) is 2.20. The monoisotopic (exact) mass is 456 g/mol. The highest BCUT2D eigenvalue weighted by Crippen LogP contribution is 2.36. The van der Waals surface area contributed by atoms with Gasteiger partial charge >= 0.3 is 6.03 Å². The summed E-state index contributed by atoms with van der Waals surface area (Å²) in [5.41, 5.74) is 1.18. The number of thiazole rings is 1. The maximum absolute atomic E-state index is 13.9. The van der Waals surface area contributed by atoms with Crippen molar-refractivity contribution in [3.8, 4) is 0 Å². The topological polar surface area (TPSA) is 65.5 Å². The number of amides is 3. The van der Waals surface area contributed by atoms with E-state index < -0.39 is 11.6 Å². The van der Waals surface area contributed by atoms with Crippen LogP contribution in [0.25, 0.3) is 10.2 Å². The van der Waals surface area contributed by atoms with Crippen LogP contribution >= 0.6 is 11.3 Å². The molecule has 0 saturated carbocycles. The van der Waals surface area contributed by atoms with Crippen LogP contribution < -0.4 is 5.32 Å². The first-order valence-corrected chi connectivity index (χ1v) is 11.6. The highest BCUT2D eigenvalue weighted by Gasteiger charge is 2.53. The van der Waals surface area contributed by atoms with Crippen molar-refractivity contribution in [2.75, 3.05) is 13.7 Å². The number of nitrogens with zero attached hydrogens (tertiary/aromatic N) is 3. The van der Waals surface area contributed by atoms with Gasteiger partial charge in [-0.3, -0.25) is 9.69 Å². The summed E-state index contributed by atoms with van der Waals surface area (Å²) >= 11 is 1.63. The third-order valence-electron chi connectivity index (χ3n) is 6.21. The minimum atomic E-state index is -1.25. The first-order valence-electron chi connectivity index (χ1n) is 10.8. The lowest BCUT2D eigenvalue weighted by Gasteiger charge is -2.30. The third-order valence-corrected chi connectivity index (χ3v) is 7.42. The number of carbonyl (C=O) groups excluding carboxylic acids is 2. The largest absolute Gasteiger partial charge is 0.326 e. The molecule has 1 N–H and O–H groups in total. The Morgan fingerprint density at radius 3 is 2.12 bits per heavy atom. The molecule has 1 fully saturated rings. The SMILES string of the molecule is C[C@@H](c1nc2ccccc2s1)N(C)CN1C(=O)NC(c2ccccc2)(c2ccccc2)C1=O. The molecule has 166 valence electrons. The quantitative estimate of drug-likeness (QED) is 0.426. The van der Waals surface area contributed by atoms with Crippen molar-refractivity contribution in [3.63, 3.8) is 0 Å². The predicted molar refractivity (Wildman–Crippen MR) is 130 cm³/mol. The van der Waals surface area contributed by atoms with Crippen molar-refractivity contribution in [2.24, 2.45) is 0 Å². The van der Waals surface area contributed by atoms with Gasteiger partial charge in [-0.15, -0.1) is 11.3 Å². The Kier molecular flexibility index (Phi) is 5.44. The van der Waals surface area contributed by atoms with Gasteiger partial charge in [0.2, 0.25) is 0 Å². The van der Waals surface area contributed by atoms with E-state index in [0.717, 1.165) is 26.4 Å². The van der Waals surface area contributed by atoms with Gasteiger partial charge in [-0.2, -0.15) is 0 Å². The number of urea groups is 1. The standard InChI is InChI=1S/C26H24N4O2S/c1-18(23-27-21-15-9-10-16-22(21)33-23)29(2)17-30-24(31)26(28-25(30)32,19-11-5-3-6-12-19)20-13-7-4-8-14-20/h3-16,18H,17H2,1-2H3,(H,28,32)/t18-/m0/s1. The van der Waals surface area contributed by atoms with Crippen LogP contribution in [0.1, 0.15) is 29.1 Å². The Labute approximate surface area is 196 Å². The number of para-hydroxylation sites is 1. The Bertz CT molecular complexity index is 1230. The van der Waals surface area contributed by atoms with E-state index in [1.54, 1.807) is 11.3 Å². The molecule has 0 bridgehead atoms. The number of fused-ring (bicyclic) bond motifs is 1. The second-order valence-corrected chi connectivity index (χ2v) is 9.30. The van der Waals surface area contributed by atoms with Gasteiger partial charge in [0, 0.05) is 0 Å². The average molecular weight is 457 g/mol. The van der Waals surface area contributed by atoms with Crippen molar-refractivity contribution in [1.29, 1.82) is 0 Å². The molecule has 6 nitrogen and oxygen atoms in total. The molecule has 33 heavy (non-hydrogen) atoms. The second kappa shape index (κ2) is 8.42. The Morgan fingerprint density at radius 2 is 1.52 bits per heavy atom. The van der Waals surface area contributed by atoms with Crippen LogP contribution in [0.5, 0.6) is 0 Å². The predicted octanol–water partition coefficient (Wildman–Crippen LogP) is 4.74. The van der Waals surface area contributed by atoms with E-state index in [9.17, 15) is 9.59 Å². The van der Waals surface area contributed by atoms with Gasteiger partial charge in [0.15, 0.2) is 5.54 Å². The van der Waals surface area contributed by atoms with E-state index in [2.05, 4.69) is 11.4 Å². The third kappa shape index (κ3) is 3.59. The molecule has 7 heteroatoms. The molecule has 3 amide bonds. The lowest BCUT2D eigenvalue weighted by atomic mass is 9.83. The van der Waals surface area contributed by atoms with Gasteiger partial charge in [-0.25, -0.2) is 14.7 Å². The van der Waals surface area contributed by atoms with E-state index in [0.29, 0.717) is 0 Å². The van der Waals surface area contributed by atoms with Crippen LogP contribution in [0.4, 0.5) is 4.79 Å². The Hall–Kier alpha value is -3.55. The van der Waals surface area contributed by atoms with Crippen LogP contribution in [0.2, 0.25) is 0 Å². The molecule has 0 spiro atoms. The maximum atomic E-state index is 13.9. The van der Waals surface area contributed by atoms with E-state index in [4.69, 9.17) is 4.98 Å². The van der Waals surface area contributed by atoms with Crippen LogP contribution in [0.15, 0.2) is 84.9 Å². The fourth-order valence-electron chi connectivity index (χ4n) is 4.24. The van der Waals surface area contributed by atoms with Crippen molar-refractivity contribution in [3.05, 3.63) is 101 Å². The highest BCUT2D eigenvalue weighted by atomic mass is 32.1. The average Bonchev–Trinajstić information content (AvgIpc) is 3.40. The number of benzene rings is 3. The second-order valence-electron chi connectivity index (χ2n) is 8.24. The summed E-state index contributed by atoms with van der Waals surface area (Å²) in [6, 6.07) is 26.4. The van der Waals surface area contributed by atoms with E-state index in [-0.39, 0.29) is 18.6 Å². The molecular weight excluding hydrogens is 432 g/mol. The zero-order valence-electron chi connectivity index (χ0n) is 18.4. The summed E-state index contributed by atoms with van der Waals surface area (Å²) in [5.74, 6) is -0.284. The molecular formula is C26H24N4O2S. The zero-order valence-corrected chi connectivity index (χ0v) is 19.3. The highest BCUT2D eigenvalue weighted by molar-refractivity contribution is 7.18. The Morgan fingerprint density at radius 1 is 0.939 bits per heavy atom. The molecule has 1 atom stereocenters.